The third-order valence-corrected chi connectivity index (χ3v) is 9.49. The topological polar surface area (TPSA) is 58.9 Å². The van der Waals surface area contributed by atoms with Crippen LogP contribution in [-0.4, -0.2) is 43.1 Å². The average molecular weight is 393 g/mol. The molecule has 0 spiro atoms. The largest absolute Gasteiger partial charge is 0.388 e. The molecule has 4 rings (SSSR count). The lowest BCUT2D eigenvalue weighted by atomic mass is 10.1. The standard InChI is InChI=1S/C23H24O4Si/c1-23(22(25)21(24)17-26-23)27-28(18-11-5-2-6-12-18,19-13-7-3-8-14-19)20-15-9-4-10-16-20/h2-16,21-22,24-25H,17H2,1H3. The number of hydrogen-bond acceptors (Lipinski definition) is 4. The Morgan fingerprint density at radius 1 is 0.786 bits per heavy atom. The van der Waals surface area contributed by atoms with Crippen LogP contribution in [0.4, 0.5) is 0 Å². The molecule has 1 fully saturated rings. The van der Waals surface area contributed by atoms with Gasteiger partial charge in [-0.2, -0.15) is 0 Å². The Hall–Kier alpha value is -2.28. The molecule has 5 heteroatoms. The van der Waals surface area contributed by atoms with Crippen molar-refractivity contribution in [3.8, 4) is 0 Å². The van der Waals surface area contributed by atoms with Crippen molar-refractivity contribution in [2.24, 2.45) is 0 Å². The van der Waals surface area contributed by atoms with Gasteiger partial charge in [-0.25, -0.2) is 0 Å². The van der Waals surface area contributed by atoms with Crippen LogP contribution in [0.1, 0.15) is 6.92 Å². The van der Waals surface area contributed by atoms with Crippen LogP contribution in [0.15, 0.2) is 91.0 Å². The summed E-state index contributed by atoms with van der Waals surface area (Å²) < 4.78 is 12.6. The minimum Gasteiger partial charge on any atom is -0.388 e. The lowest BCUT2D eigenvalue weighted by Crippen LogP contribution is -2.73. The van der Waals surface area contributed by atoms with Gasteiger partial charge in [-0.1, -0.05) is 91.0 Å². The maximum absolute atomic E-state index is 10.6. The molecule has 3 aromatic rings. The molecule has 0 radical (unpaired) electrons. The first-order chi connectivity index (χ1) is 13.6. The number of rotatable bonds is 5. The molecule has 1 heterocycles. The summed E-state index contributed by atoms with van der Waals surface area (Å²) in [6, 6.07) is 30.3. The van der Waals surface area contributed by atoms with Crippen LogP contribution in [0.25, 0.3) is 0 Å². The summed E-state index contributed by atoms with van der Waals surface area (Å²) in [5.41, 5.74) is 0. The van der Waals surface area contributed by atoms with Gasteiger partial charge in [0.15, 0.2) is 5.79 Å². The van der Waals surface area contributed by atoms with Crippen molar-refractivity contribution in [3.63, 3.8) is 0 Å². The van der Waals surface area contributed by atoms with E-state index in [1.807, 2.05) is 54.6 Å². The van der Waals surface area contributed by atoms with Gasteiger partial charge < -0.3 is 19.4 Å². The molecule has 144 valence electrons. The zero-order chi connectivity index (χ0) is 19.6. The van der Waals surface area contributed by atoms with E-state index in [9.17, 15) is 10.2 Å². The first-order valence-corrected chi connectivity index (χ1v) is 11.3. The predicted octanol–water partition coefficient (Wildman–Crippen LogP) is 1.14. The monoisotopic (exact) mass is 392 g/mol. The fraction of sp³-hybridized carbons (Fsp3) is 0.217. The maximum atomic E-state index is 10.6. The molecule has 1 aliphatic rings. The first kappa shape index (κ1) is 19.1. The molecule has 1 aliphatic heterocycles. The van der Waals surface area contributed by atoms with Crippen LogP contribution in [-0.2, 0) is 9.16 Å². The highest BCUT2D eigenvalue weighted by Gasteiger charge is 2.54. The molecule has 0 aliphatic carbocycles. The number of aliphatic hydroxyl groups excluding tert-OH is 2. The Kier molecular flexibility index (Phi) is 5.18. The number of benzene rings is 3. The van der Waals surface area contributed by atoms with E-state index in [0.29, 0.717) is 0 Å². The van der Waals surface area contributed by atoms with Gasteiger partial charge in [-0.05, 0) is 22.5 Å². The Labute approximate surface area is 166 Å². The lowest BCUT2D eigenvalue weighted by Gasteiger charge is -2.41. The van der Waals surface area contributed by atoms with E-state index in [2.05, 4.69) is 36.4 Å². The molecule has 0 saturated carbocycles. The molecule has 3 atom stereocenters. The number of aliphatic hydroxyl groups is 2. The Morgan fingerprint density at radius 2 is 1.18 bits per heavy atom. The summed E-state index contributed by atoms with van der Waals surface area (Å²) in [5.74, 6) is -1.31. The average Bonchev–Trinajstić information content (AvgIpc) is 3.01. The van der Waals surface area contributed by atoms with Crippen molar-refractivity contribution in [3.05, 3.63) is 91.0 Å². The SMILES string of the molecule is CC1(O[Si](c2ccccc2)(c2ccccc2)c2ccccc2)OCC(O)C1O. The Morgan fingerprint density at radius 3 is 1.50 bits per heavy atom. The highest BCUT2D eigenvalue weighted by atomic mass is 28.4. The fourth-order valence-corrected chi connectivity index (χ4v) is 7.99. The molecule has 0 aromatic heterocycles. The van der Waals surface area contributed by atoms with E-state index in [1.165, 1.54) is 0 Å². The summed E-state index contributed by atoms with van der Waals surface area (Å²) in [6.45, 7) is 1.75. The van der Waals surface area contributed by atoms with Gasteiger partial charge in [0, 0.05) is 0 Å². The van der Waals surface area contributed by atoms with E-state index in [4.69, 9.17) is 9.16 Å². The normalized spacial score (nSPS) is 25.0. The van der Waals surface area contributed by atoms with Gasteiger partial charge >= 0.3 is 0 Å². The second-order valence-corrected chi connectivity index (χ2v) is 10.5. The Bertz CT molecular complexity index is 807. The molecular formula is C23H24O4Si. The third-order valence-electron chi connectivity index (χ3n) is 5.34. The van der Waals surface area contributed by atoms with Crippen molar-refractivity contribution in [1.82, 2.24) is 0 Å². The third kappa shape index (κ3) is 3.21. The van der Waals surface area contributed by atoms with E-state index >= 15 is 0 Å². The maximum Gasteiger partial charge on any atom is 0.291 e. The quantitative estimate of drug-likeness (QED) is 0.505. The zero-order valence-electron chi connectivity index (χ0n) is 15.7. The van der Waals surface area contributed by atoms with Gasteiger partial charge in [0.1, 0.15) is 12.2 Å². The lowest BCUT2D eigenvalue weighted by molar-refractivity contribution is -0.185. The molecule has 3 unspecified atom stereocenters. The summed E-state index contributed by atoms with van der Waals surface area (Å²) >= 11 is 0. The highest BCUT2D eigenvalue weighted by Crippen LogP contribution is 2.31. The summed E-state index contributed by atoms with van der Waals surface area (Å²) in [5, 5.41) is 23.9. The summed E-state index contributed by atoms with van der Waals surface area (Å²) in [4.78, 5) is 0. The molecular weight excluding hydrogens is 368 g/mol. The van der Waals surface area contributed by atoms with Gasteiger partial charge in [0.2, 0.25) is 0 Å². The van der Waals surface area contributed by atoms with Crippen LogP contribution in [0, 0.1) is 0 Å². The van der Waals surface area contributed by atoms with E-state index < -0.39 is 26.3 Å². The molecule has 0 amide bonds. The first-order valence-electron chi connectivity index (χ1n) is 9.43. The van der Waals surface area contributed by atoms with Crippen LogP contribution < -0.4 is 15.6 Å². The van der Waals surface area contributed by atoms with Gasteiger partial charge in [0.25, 0.3) is 8.32 Å². The van der Waals surface area contributed by atoms with Gasteiger partial charge in [-0.3, -0.25) is 0 Å². The van der Waals surface area contributed by atoms with Gasteiger partial charge in [0.05, 0.1) is 6.61 Å². The van der Waals surface area contributed by atoms with Crippen LogP contribution in [0.5, 0.6) is 0 Å². The second kappa shape index (κ2) is 7.62. The molecule has 2 N–H and O–H groups in total. The summed E-state index contributed by atoms with van der Waals surface area (Å²) in [6.07, 6.45) is -2.10. The smallest absolute Gasteiger partial charge is 0.291 e. The molecule has 3 aromatic carbocycles. The van der Waals surface area contributed by atoms with Crippen molar-refractivity contribution in [2.45, 2.75) is 24.9 Å². The molecule has 4 nitrogen and oxygen atoms in total. The summed E-state index contributed by atoms with van der Waals surface area (Å²) in [7, 11) is -3.03. The minimum absolute atomic E-state index is 0.0422. The fourth-order valence-electron chi connectivity index (χ4n) is 3.87. The number of hydrogen-bond donors (Lipinski definition) is 2. The molecule has 1 saturated heterocycles. The van der Waals surface area contributed by atoms with Crippen molar-refractivity contribution >= 4 is 23.9 Å². The van der Waals surface area contributed by atoms with E-state index in [1.54, 1.807) is 6.92 Å². The molecule has 0 bridgehead atoms. The molecule has 28 heavy (non-hydrogen) atoms. The highest BCUT2D eigenvalue weighted by molar-refractivity contribution is 7.07. The minimum atomic E-state index is -3.03. The van der Waals surface area contributed by atoms with Crippen molar-refractivity contribution in [1.29, 1.82) is 0 Å². The van der Waals surface area contributed by atoms with E-state index in [-0.39, 0.29) is 6.61 Å². The second-order valence-electron chi connectivity index (χ2n) is 7.22. The van der Waals surface area contributed by atoms with Crippen LogP contribution >= 0.6 is 0 Å². The van der Waals surface area contributed by atoms with Crippen molar-refractivity contribution in [2.75, 3.05) is 6.61 Å². The predicted molar refractivity (Wildman–Crippen MR) is 111 cm³/mol. The van der Waals surface area contributed by atoms with Crippen LogP contribution in [0.2, 0.25) is 0 Å². The van der Waals surface area contributed by atoms with Crippen LogP contribution in [0.3, 0.4) is 0 Å². The van der Waals surface area contributed by atoms with Crippen molar-refractivity contribution < 1.29 is 19.4 Å². The van der Waals surface area contributed by atoms with Gasteiger partial charge in [-0.15, -0.1) is 0 Å². The Balaban J connectivity index is 1.97. The zero-order valence-corrected chi connectivity index (χ0v) is 16.7. The van der Waals surface area contributed by atoms with E-state index in [0.717, 1.165) is 15.6 Å². The number of ether oxygens (including phenoxy) is 1.